The second-order valence-electron chi connectivity index (χ2n) is 4.05. The van der Waals surface area contributed by atoms with Gasteiger partial charge in [-0.2, -0.15) is 0 Å². The van der Waals surface area contributed by atoms with Crippen LogP contribution in [0.5, 0.6) is 11.5 Å². The molecule has 3 heteroatoms. The highest BCUT2D eigenvalue weighted by Gasteiger charge is 2.06. The summed E-state index contributed by atoms with van der Waals surface area (Å²) >= 11 is 5.63. The van der Waals surface area contributed by atoms with Crippen LogP contribution in [-0.2, 0) is 0 Å². The van der Waals surface area contributed by atoms with E-state index in [4.69, 9.17) is 21.1 Å². The molecule has 0 aliphatic carbocycles. The quantitative estimate of drug-likeness (QED) is 0.582. The van der Waals surface area contributed by atoms with Crippen LogP contribution < -0.4 is 9.47 Å². The van der Waals surface area contributed by atoms with Crippen molar-refractivity contribution in [2.75, 3.05) is 19.6 Å². The van der Waals surface area contributed by atoms with Crippen LogP contribution in [0.3, 0.4) is 0 Å². The second kappa shape index (κ2) is 7.05. The molecular weight excluding hydrogens is 260 g/mol. The van der Waals surface area contributed by atoms with Crippen molar-refractivity contribution in [3.8, 4) is 22.6 Å². The Morgan fingerprint density at radius 3 is 2.53 bits per heavy atom. The van der Waals surface area contributed by atoms with Crippen LogP contribution in [0.1, 0.15) is 6.42 Å². The fourth-order valence-electron chi connectivity index (χ4n) is 1.78. The highest BCUT2D eigenvalue weighted by Crippen LogP contribution is 2.32. The molecule has 1 radical (unpaired) electrons. The van der Waals surface area contributed by atoms with Gasteiger partial charge in [0.1, 0.15) is 0 Å². The Labute approximate surface area is 118 Å². The number of rotatable bonds is 6. The minimum Gasteiger partial charge on any atom is -0.493 e. The number of alkyl halides is 1. The highest BCUT2D eigenvalue weighted by molar-refractivity contribution is 6.17. The first kappa shape index (κ1) is 13.8. The summed E-state index contributed by atoms with van der Waals surface area (Å²) < 4.78 is 11.0. The van der Waals surface area contributed by atoms with E-state index in [-0.39, 0.29) is 0 Å². The van der Waals surface area contributed by atoms with Crippen molar-refractivity contribution < 1.29 is 9.47 Å². The Balaban J connectivity index is 2.21. The summed E-state index contributed by atoms with van der Waals surface area (Å²) in [7, 11) is 1.65. The molecule has 0 spiro atoms. The van der Waals surface area contributed by atoms with E-state index in [0.717, 1.165) is 29.0 Å². The largest absolute Gasteiger partial charge is 0.493 e. The average molecular weight is 276 g/mol. The molecule has 0 fully saturated rings. The topological polar surface area (TPSA) is 18.5 Å². The van der Waals surface area contributed by atoms with Gasteiger partial charge in [-0.3, -0.25) is 0 Å². The van der Waals surface area contributed by atoms with Gasteiger partial charge in [-0.15, -0.1) is 11.6 Å². The third-order valence-corrected chi connectivity index (χ3v) is 3.02. The molecule has 2 nitrogen and oxygen atoms in total. The van der Waals surface area contributed by atoms with E-state index in [9.17, 15) is 0 Å². The Bertz CT molecular complexity index is 511. The molecule has 2 rings (SSSR count). The number of hydrogen-bond acceptors (Lipinski definition) is 2. The number of methoxy groups -OCH3 is 1. The van der Waals surface area contributed by atoms with E-state index >= 15 is 0 Å². The van der Waals surface area contributed by atoms with Gasteiger partial charge in [0.15, 0.2) is 11.5 Å². The van der Waals surface area contributed by atoms with Crippen LogP contribution in [0.15, 0.2) is 42.5 Å². The Kier molecular flexibility index (Phi) is 5.10. The van der Waals surface area contributed by atoms with Gasteiger partial charge in [-0.25, -0.2) is 0 Å². The van der Waals surface area contributed by atoms with E-state index in [1.807, 2.05) is 42.5 Å². The first-order valence-corrected chi connectivity index (χ1v) is 6.72. The molecule has 0 aliphatic heterocycles. The van der Waals surface area contributed by atoms with E-state index < -0.39 is 0 Å². The molecule has 0 amide bonds. The first-order valence-electron chi connectivity index (χ1n) is 6.18. The molecule has 0 bridgehead atoms. The van der Waals surface area contributed by atoms with Crippen molar-refractivity contribution in [2.45, 2.75) is 6.42 Å². The number of ether oxygens (including phenoxy) is 2. The fourth-order valence-corrected chi connectivity index (χ4v) is 1.89. The number of benzene rings is 2. The standard InChI is InChI=1S/C16H16ClO2/c1-18-16-12-14(13-6-3-2-4-7-13)8-9-15(16)19-11-5-10-17/h3-4,6-9,12H,5,10-11H2,1H3. The van der Waals surface area contributed by atoms with Crippen molar-refractivity contribution in [2.24, 2.45) is 0 Å². The van der Waals surface area contributed by atoms with Crippen molar-refractivity contribution in [1.82, 2.24) is 0 Å². The molecule has 0 heterocycles. The van der Waals surface area contributed by atoms with Crippen LogP contribution >= 0.6 is 11.6 Å². The summed E-state index contributed by atoms with van der Waals surface area (Å²) in [5.41, 5.74) is 2.22. The summed E-state index contributed by atoms with van der Waals surface area (Å²) in [5.74, 6) is 2.08. The van der Waals surface area contributed by atoms with Crippen molar-refractivity contribution >= 4 is 11.6 Å². The normalized spacial score (nSPS) is 10.2. The molecule has 0 aliphatic rings. The zero-order valence-electron chi connectivity index (χ0n) is 10.9. The van der Waals surface area contributed by atoms with Crippen LogP contribution in [0.2, 0.25) is 0 Å². The minimum atomic E-state index is 0.597. The molecule has 0 N–H and O–H groups in total. The van der Waals surface area contributed by atoms with Gasteiger partial charge in [-0.1, -0.05) is 30.3 Å². The zero-order valence-corrected chi connectivity index (χ0v) is 11.6. The summed E-state index contributed by atoms with van der Waals surface area (Å²) in [6, 6.07) is 16.8. The lowest BCUT2D eigenvalue weighted by Gasteiger charge is -2.12. The van der Waals surface area contributed by atoms with E-state index in [1.54, 1.807) is 7.11 Å². The van der Waals surface area contributed by atoms with Gasteiger partial charge in [0.2, 0.25) is 0 Å². The van der Waals surface area contributed by atoms with E-state index in [1.165, 1.54) is 0 Å². The molecule has 0 unspecified atom stereocenters. The molecule has 0 saturated carbocycles. The van der Waals surface area contributed by atoms with Gasteiger partial charge >= 0.3 is 0 Å². The van der Waals surface area contributed by atoms with Gasteiger partial charge in [-0.05, 0) is 35.7 Å². The molecule has 0 saturated heterocycles. The third-order valence-electron chi connectivity index (χ3n) is 2.75. The monoisotopic (exact) mass is 275 g/mol. The summed E-state index contributed by atoms with van der Waals surface area (Å²) in [6.45, 7) is 0.597. The van der Waals surface area contributed by atoms with Crippen molar-refractivity contribution in [3.63, 3.8) is 0 Å². The molecule has 0 atom stereocenters. The number of hydrogen-bond donors (Lipinski definition) is 0. The Hall–Kier alpha value is -1.67. The second-order valence-corrected chi connectivity index (χ2v) is 4.42. The van der Waals surface area contributed by atoms with Crippen LogP contribution in [-0.4, -0.2) is 19.6 Å². The maximum Gasteiger partial charge on any atom is 0.161 e. The Morgan fingerprint density at radius 2 is 1.84 bits per heavy atom. The SMILES string of the molecule is COc1cc(-c2cc[c]cc2)ccc1OCCCCl. The van der Waals surface area contributed by atoms with E-state index in [0.29, 0.717) is 12.5 Å². The summed E-state index contributed by atoms with van der Waals surface area (Å²) in [5, 5.41) is 0. The molecule has 2 aromatic carbocycles. The van der Waals surface area contributed by atoms with Gasteiger partial charge in [0.05, 0.1) is 13.7 Å². The van der Waals surface area contributed by atoms with Gasteiger partial charge in [0, 0.05) is 5.88 Å². The summed E-state index contributed by atoms with van der Waals surface area (Å²) in [6.07, 6.45) is 0.820. The van der Waals surface area contributed by atoms with Crippen LogP contribution in [0, 0.1) is 6.07 Å². The molecule has 19 heavy (non-hydrogen) atoms. The van der Waals surface area contributed by atoms with Gasteiger partial charge in [0.25, 0.3) is 0 Å². The van der Waals surface area contributed by atoms with Crippen LogP contribution in [0.4, 0.5) is 0 Å². The Morgan fingerprint density at radius 1 is 1.05 bits per heavy atom. The molecular formula is C16H16ClO2. The third kappa shape index (κ3) is 3.65. The van der Waals surface area contributed by atoms with Crippen molar-refractivity contribution in [1.29, 1.82) is 0 Å². The zero-order chi connectivity index (χ0) is 13.5. The van der Waals surface area contributed by atoms with Gasteiger partial charge < -0.3 is 9.47 Å². The predicted molar refractivity (Wildman–Crippen MR) is 78.1 cm³/mol. The molecule has 2 aromatic rings. The number of halogens is 1. The predicted octanol–water partition coefficient (Wildman–Crippen LogP) is 4.17. The lowest BCUT2D eigenvalue weighted by molar-refractivity contribution is 0.295. The fraction of sp³-hybridized carbons (Fsp3) is 0.250. The van der Waals surface area contributed by atoms with E-state index in [2.05, 4.69) is 6.07 Å². The minimum absolute atomic E-state index is 0.597. The average Bonchev–Trinajstić information content (AvgIpc) is 2.48. The summed E-state index contributed by atoms with van der Waals surface area (Å²) in [4.78, 5) is 0. The maximum atomic E-state index is 5.64. The lowest BCUT2D eigenvalue weighted by Crippen LogP contribution is -1.99. The first-order chi connectivity index (χ1) is 9.35. The molecule has 99 valence electrons. The smallest absolute Gasteiger partial charge is 0.161 e. The molecule has 0 aromatic heterocycles. The van der Waals surface area contributed by atoms with Crippen molar-refractivity contribution in [3.05, 3.63) is 48.5 Å². The van der Waals surface area contributed by atoms with Crippen LogP contribution in [0.25, 0.3) is 11.1 Å². The maximum absolute atomic E-state index is 5.64. The highest BCUT2D eigenvalue weighted by atomic mass is 35.5. The lowest BCUT2D eigenvalue weighted by atomic mass is 10.1.